The van der Waals surface area contributed by atoms with E-state index in [0.717, 1.165) is 19.2 Å². The monoisotopic (exact) mass is 254 g/mol. The number of nitrogens with zero attached hydrogens (tertiary/aromatic N) is 1. The van der Waals surface area contributed by atoms with Crippen molar-refractivity contribution in [3.63, 3.8) is 0 Å². The summed E-state index contributed by atoms with van der Waals surface area (Å²) in [4.78, 5) is 2.22. The molecule has 3 atom stereocenters. The quantitative estimate of drug-likeness (QED) is 0.873. The highest BCUT2D eigenvalue weighted by Crippen LogP contribution is 2.27. The van der Waals surface area contributed by atoms with Crippen LogP contribution in [0.2, 0.25) is 0 Å². The van der Waals surface area contributed by atoms with E-state index in [1.54, 1.807) is 0 Å². The average Bonchev–Trinajstić information content (AvgIpc) is 2.34. The van der Waals surface area contributed by atoms with Crippen LogP contribution >= 0.6 is 0 Å². The minimum absolute atomic E-state index is 0.111. The van der Waals surface area contributed by atoms with Crippen LogP contribution < -0.4 is 5.32 Å². The summed E-state index contributed by atoms with van der Waals surface area (Å²) in [6.07, 6.45) is 0. The van der Waals surface area contributed by atoms with Gasteiger partial charge < -0.3 is 5.32 Å². The van der Waals surface area contributed by atoms with Crippen molar-refractivity contribution in [1.82, 2.24) is 10.2 Å². The first-order valence-corrected chi connectivity index (χ1v) is 6.43. The predicted molar refractivity (Wildman–Crippen MR) is 68.4 cm³/mol. The molecule has 3 unspecified atom stereocenters. The smallest absolute Gasteiger partial charge is 0.128 e. The molecule has 1 saturated heterocycles. The molecular weight excluding hydrogens is 234 g/mol. The molecular formula is C14H20F2N2. The van der Waals surface area contributed by atoms with Crippen LogP contribution in [0.15, 0.2) is 18.2 Å². The van der Waals surface area contributed by atoms with E-state index in [4.69, 9.17) is 0 Å². The van der Waals surface area contributed by atoms with Crippen molar-refractivity contribution in [3.8, 4) is 0 Å². The van der Waals surface area contributed by atoms with Crippen molar-refractivity contribution < 1.29 is 8.78 Å². The van der Waals surface area contributed by atoms with Crippen LogP contribution in [0.1, 0.15) is 32.4 Å². The molecule has 1 heterocycles. The maximum atomic E-state index is 13.8. The summed E-state index contributed by atoms with van der Waals surface area (Å²) < 4.78 is 27.0. The number of hydrogen-bond acceptors (Lipinski definition) is 2. The molecule has 2 rings (SSSR count). The van der Waals surface area contributed by atoms with E-state index in [2.05, 4.69) is 24.1 Å². The van der Waals surface area contributed by atoms with Gasteiger partial charge in [0.1, 0.15) is 11.6 Å². The first kappa shape index (κ1) is 13.4. The van der Waals surface area contributed by atoms with E-state index in [1.807, 2.05) is 6.92 Å². The summed E-state index contributed by atoms with van der Waals surface area (Å²) >= 11 is 0. The van der Waals surface area contributed by atoms with Crippen LogP contribution in [0.5, 0.6) is 0 Å². The third kappa shape index (κ3) is 2.70. The largest absolute Gasteiger partial charge is 0.311 e. The minimum atomic E-state index is -0.380. The van der Waals surface area contributed by atoms with Crippen molar-refractivity contribution in [2.75, 3.05) is 13.1 Å². The Balaban J connectivity index is 2.23. The van der Waals surface area contributed by atoms with Gasteiger partial charge in [0.2, 0.25) is 0 Å². The Bertz CT molecular complexity index is 422. The maximum absolute atomic E-state index is 13.8. The fourth-order valence-corrected chi connectivity index (χ4v) is 2.60. The second-order valence-corrected chi connectivity index (χ2v) is 5.20. The second kappa shape index (κ2) is 5.33. The zero-order valence-electron chi connectivity index (χ0n) is 11.1. The SMILES string of the molecule is CC1CN(C(C)c2cc(F)ccc2F)C(C)CN1. The Morgan fingerprint density at radius 3 is 2.78 bits per heavy atom. The van der Waals surface area contributed by atoms with Gasteiger partial charge in [0.15, 0.2) is 0 Å². The molecule has 0 saturated carbocycles. The lowest BCUT2D eigenvalue weighted by Gasteiger charge is -2.41. The third-order valence-corrected chi connectivity index (χ3v) is 3.72. The van der Waals surface area contributed by atoms with Gasteiger partial charge in [-0.1, -0.05) is 0 Å². The predicted octanol–water partition coefficient (Wildman–Crippen LogP) is 2.71. The Kier molecular flexibility index (Phi) is 3.97. The van der Waals surface area contributed by atoms with Gasteiger partial charge in [-0.25, -0.2) is 8.78 Å². The van der Waals surface area contributed by atoms with Gasteiger partial charge in [0.05, 0.1) is 0 Å². The molecule has 1 aliphatic heterocycles. The van der Waals surface area contributed by atoms with Gasteiger partial charge in [-0.2, -0.15) is 0 Å². The summed E-state index contributed by atoms with van der Waals surface area (Å²) in [7, 11) is 0. The van der Waals surface area contributed by atoms with Crippen LogP contribution in [-0.4, -0.2) is 30.1 Å². The maximum Gasteiger partial charge on any atom is 0.128 e. The molecule has 1 aliphatic rings. The zero-order chi connectivity index (χ0) is 13.3. The molecule has 0 aliphatic carbocycles. The van der Waals surface area contributed by atoms with Crippen molar-refractivity contribution >= 4 is 0 Å². The average molecular weight is 254 g/mol. The number of benzene rings is 1. The molecule has 2 nitrogen and oxygen atoms in total. The first-order chi connectivity index (χ1) is 8.49. The Morgan fingerprint density at radius 2 is 2.06 bits per heavy atom. The molecule has 1 N–H and O–H groups in total. The molecule has 0 spiro atoms. The van der Waals surface area contributed by atoms with Crippen LogP contribution in [0.4, 0.5) is 8.78 Å². The lowest BCUT2D eigenvalue weighted by Crippen LogP contribution is -2.54. The number of halogens is 2. The van der Waals surface area contributed by atoms with E-state index in [-0.39, 0.29) is 17.7 Å². The number of hydrogen-bond donors (Lipinski definition) is 1. The van der Waals surface area contributed by atoms with Crippen LogP contribution in [0.3, 0.4) is 0 Å². The standard InChI is InChI=1S/C14H20F2N2/c1-9-8-18(10(2)7-17-9)11(3)13-6-12(15)4-5-14(13)16/h4-6,9-11,17H,7-8H2,1-3H3. The molecule has 0 amide bonds. The third-order valence-electron chi connectivity index (χ3n) is 3.72. The summed E-state index contributed by atoms with van der Waals surface area (Å²) in [5.41, 5.74) is 0.441. The second-order valence-electron chi connectivity index (χ2n) is 5.20. The summed E-state index contributed by atoms with van der Waals surface area (Å²) in [6, 6.07) is 4.26. The fourth-order valence-electron chi connectivity index (χ4n) is 2.60. The fraction of sp³-hybridized carbons (Fsp3) is 0.571. The van der Waals surface area contributed by atoms with Gasteiger partial charge in [-0.3, -0.25) is 4.90 Å². The van der Waals surface area contributed by atoms with Crippen LogP contribution in [0.25, 0.3) is 0 Å². The first-order valence-electron chi connectivity index (χ1n) is 6.43. The van der Waals surface area contributed by atoms with Gasteiger partial charge in [-0.15, -0.1) is 0 Å². The Labute approximate surface area is 107 Å². The normalized spacial score (nSPS) is 27.2. The Morgan fingerprint density at radius 1 is 1.33 bits per heavy atom. The molecule has 1 fully saturated rings. The summed E-state index contributed by atoms with van der Waals surface area (Å²) in [5, 5.41) is 3.38. The lowest BCUT2D eigenvalue weighted by molar-refractivity contribution is 0.101. The molecule has 18 heavy (non-hydrogen) atoms. The molecule has 0 bridgehead atoms. The van der Waals surface area contributed by atoms with Gasteiger partial charge >= 0.3 is 0 Å². The van der Waals surface area contributed by atoms with Crippen molar-refractivity contribution in [3.05, 3.63) is 35.4 Å². The van der Waals surface area contributed by atoms with Crippen molar-refractivity contribution in [1.29, 1.82) is 0 Å². The van der Waals surface area contributed by atoms with Crippen molar-refractivity contribution in [2.45, 2.75) is 38.9 Å². The topological polar surface area (TPSA) is 15.3 Å². The van der Waals surface area contributed by atoms with E-state index >= 15 is 0 Å². The zero-order valence-corrected chi connectivity index (χ0v) is 11.1. The van der Waals surface area contributed by atoms with Gasteiger partial charge in [0, 0.05) is 36.8 Å². The van der Waals surface area contributed by atoms with Gasteiger partial charge in [0.25, 0.3) is 0 Å². The lowest BCUT2D eigenvalue weighted by atomic mass is 10.0. The highest BCUT2D eigenvalue weighted by Gasteiger charge is 2.28. The number of rotatable bonds is 2. The highest BCUT2D eigenvalue weighted by molar-refractivity contribution is 5.22. The van der Waals surface area contributed by atoms with Crippen LogP contribution in [0, 0.1) is 11.6 Å². The summed E-state index contributed by atoms with van der Waals surface area (Å²) in [5.74, 6) is -0.712. The molecule has 1 aromatic carbocycles. The number of nitrogens with one attached hydrogen (secondary N) is 1. The molecule has 0 radical (unpaired) electrons. The highest BCUT2D eigenvalue weighted by atomic mass is 19.1. The molecule has 100 valence electrons. The van der Waals surface area contributed by atoms with E-state index in [0.29, 0.717) is 17.6 Å². The molecule has 0 aromatic heterocycles. The number of piperazine rings is 1. The van der Waals surface area contributed by atoms with Crippen molar-refractivity contribution in [2.24, 2.45) is 0 Å². The minimum Gasteiger partial charge on any atom is -0.311 e. The van der Waals surface area contributed by atoms with Crippen LogP contribution in [-0.2, 0) is 0 Å². The molecule has 4 heteroatoms. The molecule has 1 aromatic rings. The van der Waals surface area contributed by atoms with E-state index in [9.17, 15) is 8.78 Å². The van der Waals surface area contributed by atoms with Gasteiger partial charge in [-0.05, 0) is 39.0 Å². The Hall–Kier alpha value is -1.00. The summed E-state index contributed by atoms with van der Waals surface area (Å²) in [6.45, 7) is 7.87. The van der Waals surface area contributed by atoms with E-state index < -0.39 is 0 Å². The van der Waals surface area contributed by atoms with E-state index in [1.165, 1.54) is 12.1 Å².